The number of nitrogens with zero attached hydrogens (tertiary/aromatic N) is 1. The Labute approximate surface area is 121 Å². The van der Waals surface area contributed by atoms with E-state index in [1.54, 1.807) is 6.08 Å². The predicted molar refractivity (Wildman–Crippen MR) is 79.3 cm³/mol. The van der Waals surface area contributed by atoms with Crippen molar-refractivity contribution in [3.05, 3.63) is 36.3 Å². The standard InChI is InChI=1S/C14H21FN2O2S/c1-5-6-10(8-14(2,3)20(16)18)12-7-11(15)9-17-13(12)19-4/h5,7,9-10H,1,6,8,16H2,2-4H3/t10-,20?/m1/s1. The average Bonchev–Trinajstić information content (AvgIpc) is 2.37. The molecular formula is C14H21FN2O2S. The van der Waals surface area contributed by atoms with Gasteiger partial charge in [0.05, 0.1) is 29.0 Å². The van der Waals surface area contributed by atoms with Gasteiger partial charge >= 0.3 is 0 Å². The van der Waals surface area contributed by atoms with Gasteiger partial charge in [-0.2, -0.15) is 0 Å². The Morgan fingerprint density at radius 3 is 2.80 bits per heavy atom. The minimum atomic E-state index is -1.48. The van der Waals surface area contributed by atoms with Crippen LogP contribution in [-0.2, 0) is 11.0 Å². The molecule has 20 heavy (non-hydrogen) atoms. The molecule has 0 radical (unpaired) electrons. The lowest BCUT2D eigenvalue weighted by molar-refractivity contribution is 0.381. The van der Waals surface area contributed by atoms with Crippen molar-refractivity contribution in [2.75, 3.05) is 7.11 Å². The summed E-state index contributed by atoms with van der Waals surface area (Å²) in [6.07, 6.45) is 3.97. The first-order chi connectivity index (χ1) is 9.31. The van der Waals surface area contributed by atoms with Gasteiger partial charge in [-0.1, -0.05) is 6.08 Å². The maximum atomic E-state index is 13.4. The van der Waals surface area contributed by atoms with Crippen LogP contribution in [0.25, 0.3) is 0 Å². The summed E-state index contributed by atoms with van der Waals surface area (Å²) in [4.78, 5) is 3.94. The van der Waals surface area contributed by atoms with Gasteiger partial charge in [0.15, 0.2) is 0 Å². The molecule has 0 fully saturated rings. The molecule has 0 amide bonds. The van der Waals surface area contributed by atoms with Crippen LogP contribution >= 0.6 is 0 Å². The number of allylic oxidation sites excluding steroid dienone is 1. The highest BCUT2D eigenvalue weighted by Gasteiger charge is 2.30. The van der Waals surface area contributed by atoms with E-state index in [0.717, 1.165) is 6.20 Å². The van der Waals surface area contributed by atoms with Gasteiger partial charge in [0.25, 0.3) is 0 Å². The Morgan fingerprint density at radius 1 is 1.65 bits per heavy atom. The number of halogens is 1. The summed E-state index contributed by atoms with van der Waals surface area (Å²) in [6.45, 7) is 7.35. The van der Waals surface area contributed by atoms with Crippen molar-refractivity contribution in [3.8, 4) is 5.88 Å². The SMILES string of the molecule is C=CC[C@H](CC(C)(C)S(N)=O)c1cc(F)cnc1OC. The molecule has 0 saturated heterocycles. The third-order valence-electron chi connectivity index (χ3n) is 3.21. The van der Waals surface area contributed by atoms with Crippen LogP contribution in [0.2, 0.25) is 0 Å². The maximum Gasteiger partial charge on any atom is 0.216 e. The van der Waals surface area contributed by atoms with Crippen LogP contribution in [0.15, 0.2) is 24.9 Å². The first-order valence-corrected chi connectivity index (χ1v) is 7.49. The molecule has 1 aromatic heterocycles. The van der Waals surface area contributed by atoms with E-state index < -0.39 is 21.5 Å². The molecule has 0 aliphatic heterocycles. The van der Waals surface area contributed by atoms with Crippen LogP contribution in [-0.4, -0.2) is 21.0 Å². The number of rotatable bonds is 7. The summed E-state index contributed by atoms with van der Waals surface area (Å²) < 4.78 is 29.6. The molecule has 1 heterocycles. The molecule has 0 aliphatic rings. The minimum absolute atomic E-state index is 0.104. The van der Waals surface area contributed by atoms with Gasteiger partial charge in [-0.05, 0) is 38.7 Å². The summed E-state index contributed by atoms with van der Waals surface area (Å²) >= 11 is 0. The van der Waals surface area contributed by atoms with Crippen LogP contribution in [0, 0.1) is 5.82 Å². The van der Waals surface area contributed by atoms with E-state index in [2.05, 4.69) is 11.6 Å². The zero-order valence-corrected chi connectivity index (χ0v) is 12.9. The fourth-order valence-electron chi connectivity index (χ4n) is 2.10. The second-order valence-corrected chi connectivity index (χ2v) is 6.93. The van der Waals surface area contributed by atoms with E-state index in [9.17, 15) is 8.60 Å². The van der Waals surface area contributed by atoms with Crippen molar-refractivity contribution >= 4 is 11.0 Å². The molecule has 1 aromatic rings. The summed E-state index contributed by atoms with van der Waals surface area (Å²) in [6, 6.07) is 1.40. The Hall–Kier alpha value is -1.27. The highest BCUT2D eigenvalue weighted by atomic mass is 32.2. The van der Waals surface area contributed by atoms with E-state index >= 15 is 0 Å². The monoisotopic (exact) mass is 300 g/mol. The van der Waals surface area contributed by atoms with Gasteiger partial charge < -0.3 is 4.74 Å². The molecule has 2 atom stereocenters. The van der Waals surface area contributed by atoms with Gasteiger partial charge in [0, 0.05) is 5.56 Å². The van der Waals surface area contributed by atoms with Crippen LogP contribution in [0.4, 0.5) is 4.39 Å². The molecule has 1 unspecified atom stereocenters. The van der Waals surface area contributed by atoms with Crippen molar-refractivity contribution in [3.63, 3.8) is 0 Å². The first-order valence-electron chi connectivity index (χ1n) is 6.28. The maximum absolute atomic E-state index is 13.4. The first kappa shape index (κ1) is 16.8. The molecule has 4 nitrogen and oxygen atoms in total. The normalized spacial score (nSPS) is 14.7. The smallest absolute Gasteiger partial charge is 0.216 e. The molecule has 1 rings (SSSR count). The van der Waals surface area contributed by atoms with Crippen molar-refractivity contribution in [2.24, 2.45) is 5.14 Å². The Bertz CT molecular complexity index is 506. The minimum Gasteiger partial charge on any atom is -0.481 e. The van der Waals surface area contributed by atoms with Crippen LogP contribution in [0.1, 0.15) is 38.2 Å². The molecule has 0 aromatic carbocycles. The highest BCUT2D eigenvalue weighted by molar-refractivity contribution is 7.84. The van der Waals surface area contributed by atoms with Crippen molar-refractivity contribution in [1.82, 2.24) is 4.98 Å². The number of hydrogen-bond acceptors (Lipinski definition) is 3. The largest absolute Gasteiger partial charge is 0.481 e. The van der Waals surface area contributed by atoms with Gasteiger partial charge in [0.2, 0.25) is 5.88 Å². The van der Waals surface area contributed by atoms with E-state index in [-0.39, 0.29) is 5.92 Å². The van der Waals surface area contributed by atoms with E-state index in [4.69, 9.17) is 9.88 Å². The second kappa shape index (κ2) is 6.95. The van der Waals surface area contributed by atoms with Gasteiger partial charge in [0.1, 0.15) is 5.82 Å². The van der Waals surface area contributed by atoms with E-state index in [1.807, 2.05) is 13.8 Å². The summed E-state index contributed by atoms with van der Waals surface area (Å²) in [5.74, 6) is -0.161. The lowest BCUT2D eigenvalue weighted by Gasteiger charge is -2.27. The summed E-state index contributed by atoms with van der Waals surface area (Å²) in [5, 5.41) is 5.52. The van der Waals surface area contributed by atoms with E-state index in [1.165, 1.54) is 13.2 Å². The second-order valence-electron chi connectivity index (χ2n) is 5.23. The number of nitrogens with two attached hydrogens (primary N) is 1. The predicted octanol–water partition coefficient (Wildman–Crippen LogP) is 2.68. The van der Waals surface area contributed by atoms with Crippen LogP contribution in [0.3, 0.4) is 0 Å². The molecule has 2 N–H and O–H groups in total. The highest BCUT2D eigenvalue weighted by Crippen LogP contribution is 2.35. The number of ether oxygens (including phenoxy) is 1. The van der Waals surface area contributed by atoms with Crippen LogP contribution in [0.5, 0.6) is 5.88 Å². The number of hydrogen-bond donors (Lipinski definition) is 1. The van der Waals surface area contributed by atoms with Crippen molar-refractivity contribution < 1.29 is 13.3 Å². The number of pyridine rings is 1. The number of methoxy groups -OCH3 is 1. The lowest BCUT2D eigenvalue weighted by Crippen LogP contribution is -2.33. The average molecular weight is 300 g/mol. The number of aromatic nitrogens is 1. The molecule has 0 saturated carbocycles. The topological polar surface area (TPSA) is 65.2 Å². The van der Waals surface area contributed by atoms with Crippen LogP contribution < -0.4 is 9.88 Å². The Kier molecular flexibility index (Phi) is 5.83. The quantitative estimate of drug-likeness (QED) is 0.787. The molecule has 0 bridgehead atoms. The molecule has 0 aliphatic carbocycles. The third kappa shape index (κ3) is 4.11. The van der Waals surface area contributed by atoms with Gasteiger partial charge in [-0.3, -0.25) is 5.14 Å². The Morgan fingerprint density at radius 2 is 2.30 bits per heavy atom. The van der Waals surface area contributed by atoms with Gasteiger partial charge in [-0.25, -0.2) is 13.6 Å². The fraction of sp³-hybridized carbons (Fsp3) is 0.500. The lowest BCUT2D eigenvalue weighted by atomic mass is 9.87. The van der Waals surface area contributed by atoms with Crippen molar-refractivity contribution in [2.45, 2.75) is 37.4 Å². The summed E-state index contributed by atoms with van der Waals surface area (Å²) in [7, 11) is 0.0100. The van der Waals surface area contributed by atoms with Crippen molar-refractivity contribution in [1.29, 1.82) is 0 Å². The molecule has 0 spiro atoms. The zero-order chi connectivity index (χ0) is 15.3. The Balaban J connectivity index is 3.17. The van der Waals surface area contributed by atoms with E-state index in [0.29, 0.717) is 24.3 Å². The van der Waals surface area contributed by atoms with Gasteiger partial charge in [-0.15, -0.1) is 6.58 Å². The third-order valence-corrected chi connectivity index (χ3v) is 4.47. The molecule has 6 heteroatoms. The zero-order valence-electron chi connectivity index (χ0n) is 12.1. The summed E-state index contributed by atoms with van der Waals surface area (Å²) in [5.41, 5.74) is 0.644. The fourth-order valence-corrected chi connectivity index (χ4v) is 2.47. The molecule has 112 valence electrons. The molecular weight excluding hydrogens is 279 g/mol.